The molecule has 14 N–H and O–H groups in total. The number of carbonyl (C=O) groups excluding carboxylic acids is 4. The summed E-state index contributed by atoms with van der Waals surface area (Å²) >= 11 is 0. The van der Waals surface area contributed by atoms with Crippen LogP contribution in [0.4, 0.5) is 0 Å². The van der Waals surface area contributed by atoms with Gasteiger partial charge in [-0.05, 0) is 216 Å². The highest BCUT2D eigenvalue weighted by atomic mass is 16.6. The Balaban J connectivity index is 0.000000104. The molecule has 0 saturated heterocycles. The minimum absolute atomic E-state index is 0.110. The summed E-state index contributed by atoms with van der Waals surface area (Å²) in [6, 6.07) is 89.6. The fraction of sp³-hybridized carbons (Fsp3) is 0.0517. The molecule has 28 heteroatoms. The van der Waals surface area contributed by atoms with Gasteiger partial charge in [0.05, 0.1) is 22.3 Å². The summed E-state index contributed by atoms with van der Waals surface area (Å²) in [5.41, 5.74) is 4.46. The quantitative estimate of drug-likeness (QED) is 0.0381. The number of carboxylic acids is 2. The number of esters is 4. The lowest BCUT2D eigenvalue weighted by molar-refractivity contribution is -0.135. The Morgan fingerprint density at radius 2 is 0.424 bits per heavy atom. The van der Waals surface area contributed by atoms with Crippen LogP contribution in [0.25, 0.3) is 86.2 Å². The third-order valence-electron chi connectivity index (χ3n) is 27.1. The molecule has 20 aromatic carbocycles. The van der Waals surface area contributed by atoms with E-state index >= 15 is 0 Å². The van der Waals surface area contributed by atoms with E-state index in [1.54, 1.807) is 146 Å². The summed E-state index contributed by atoms with van der Waals surface area (Å²) < 4.78 is 50.8. The number of benzene rings is 20. The van der Waals surface area contributed by atoms with Crippen molar-refractivity contribution in [2.24, 2.45) is 0 Å². The Labute approximate surface area is 811 Å². The van der Waals surface area contributed by atoms with Crippen LogP contribution >= 0.6 is 0 Å². The third kappa shape index (κ3) is 13.1. The predicted molar refractivity (Wildman–Crippen MR) is 525 cm³/mol. The molecule has 8 heterocycles. The first kappa shape index (κ1) is 88.1. The summed E-state index contributed by atoms with van der Waals surface area (Å²) in [5, 5.41) is 148. The molecular formula is C116H72O28. The molecule has 8 aliphatic rings. The van der Waals surface area contributed by atoms with Gasteiger partial charge in [0.2, 0.25) is 0 Å². The van der Waals surface area contributed by atoms with Gasteiger partial charge >= 0.3 is 23.9 Å². The second-order valence-electron chi connectivity index (χ2n) is 35.2. The minimum atomic E-state index is -1.39. The van der Waals surface area contributed by atoms with Crippen molar-refractivity contribution in [3.05, 3.63) is 404 Å². The summed E-state index contributed by atoms with van der Waals surface area (Å²) in [7, 11) is 0. The van der Waals surface area contributed by atoms with E-state index in [4.69, 9.17) is 57.7 Å². The zero-order valence-electron chi connectivity index (χ0n) is 75.0. The Morgan fingerprint density at radius 3 is 0.736 bits per heavy atom. The SMILES string of the molecule is CC(=O)O.CC(=O)O.O=C1OC2(c3ccccc31)c1ccc3c(O)c(O)ccc3c1Oc1c2ccc2c(O)c(O)ccc12.O=C1OC2(c3ccccc31)c1ccc3c(O)cc(O)cc3c1Oc1c2ccc2c(O)cc(O)cc12.O=C1OC2(c3ccccc31)c1ccc3cc(O)ccc3c1Oc1c2ccc2cc(O)ccc12.O=C1OC2(c3ccccc31)c1ccc3ccc(O)cc3c1Oc1c2ccc2ccc(O)cc12. The average molecular weight is 1910 g/mol. The van der Waals surface area contributed by atoms with E-state index in [9.17, 15) is 80.5 Å². The number of hydrogen-bond acceptors (Lipinski definition) is 26. The summed E-state index contributed by atoms with van der Waals surface area (Å²) in [5.74, 6) is -1.23. The summed E-state index contributed by atoms with van der Waals surface area (Å²) in [6.45, 7) is 2.17. The number of fused-ring (bicyclic) bond motifs is 40. The Morgan fingerprint density at radius 1 is 0.201 bits per heavy atom. The monoisotopic (exact) mass is 1910 g/mol. The van der Waals surface area contributed by atoms with Crippen LogP contribution in [0.3, 0.4) is 0 Å². The molecule has 4 spiro atoms. The zero-order valence-corrected chi connectivity index (χ0v) is 75.0. The number of ether oxygens (including phenoxy) is 8. The topological polar surface area (TPSA) is 459 Å². The largest absolute Gasteiger partial charge is 0.508 e. The van der Waals surface area contributed by atoms with Crippen LogP contribution in [0.5, 0.6) is 115 Å². The molecule has 0 aliphatic carbocycles. The molecule has 144 heavy (non-hydrogen) atoms. The molecule has 0 atom stereocenters. The first-order chi connectivity index (χ1) is 69.4. The van der Waals surface area contributed by atoms with E-state index in [0.29, 0.717) is 155 Å². The van der Waals surface area contributed by atoms with Crippen LogP contribution in [-0.2, 0) is 50.9 Å². The van der Waals surface area contributed by atoms with Crippen LogP contribution in [0, 0.1) is 0 Å². The lowest BCUT2D eigenvalue weighted by Gasteiger charge is -2.37. The Hall–Kier alpha value is -19.9. The number of phenols is 12. The molecule has 28 nitrogen and oxygen atoms in total. The number of aliphatic carboxylic acids is 2. The van der Waals surface area contributed by atoms with E-state index in [2.05, 4.69) is 0 Å². The molecule has 0 unspecified atom stereocenters. The second kappa shape index (κ2) is 32.4. The van der Waals surface area contributed by atoms with Gasteiger partial charge < -0.3 is 109 Å². The van der Waals surface area contributed by atoms with Crippen LogP contribution in [0.2, 0.25) is 0 Å². The van der Waals surface area contributed by atoms with Gasteiger partial charge in [-0.1, -0.05) is 109 Å². The molecule has 0 saturated carbocycles. The maximum absolute atomic E-state index is 13.1. The second-order valence-corrected chi connectivity index (χ2v) is 35.2. The smallest absolute Gasteiger partial charge is 0.340 e. The molecule has 28 rings (SSSR count). The van der Waals surface area contributed by atoms with Crippen molar-refractivity contribution in [3.8, 4) is 115 Å². The maximum atomic E-state index is 13.1. The van der Waals surface area contributed by atoms with E-state index in [1.807, 2.05) is 133 Å². The fourth-order valence-electron chi connectivity index (χ4n) is 21.1. The summed E-state index contributed by atoms with van der Waals surface area (Å²) in [4.78, 5) is 70.3. The highest BCUT2D eigenvalue weighted by Gasteiger charge is 2.59. The summed E-state index contributed by atoms with van der Waals surface area (Å²) in [6.07, 6.45) is 0. The number of carboxylic acid groups (broad SMARTS) is 2. The van der Waals surface area contributed by atoms with E-state index in [0.717, 1.165) is 68.4 Å². The first-order valence-electron chi connectivity index (χ1n) is 44.8. The van der Waals surface area contributed by atoms with Crippen molar-refractivity contribution in [2.45, 2.75) is 36.3 Å². The van der Waals surface area contributed by atoms with Gasteiger partial charge in [-0.3, -0.25) is 9.59 Å². The fourth-order valence-corrected chi connectivity index (χ4v) is 21.1. The molecule has 20 aromatic rings. The van der Waals surface area contributed by atoms with Gasteiger partial charge in [0.25, 0.3) is 11.9 Å². The minimum Gasteiger partial charge on any atom is -0.508 e. The molecule has 0 fully saturated rings. The van der Waals surface area contributed by atoms with Crippen molar-refractivity contribution < 1.29 is 138 Å². The third-order valence-corrected chi connectivity index (χ3v) is 27.1. The lowest BCUT2D eigenvalue weighted by Crippen LogP contribution is -2.33. The van der Waals surface area contributed by atoms with Gasteiger partial charge in [0.1, 0.15) is 92.0 Å². The Bertz CT molecular complexity index is 8780. The van der Waals surface area contributed by atoms with E-state index in [-0.39, 0.29) is 86.5 Å². The highest BCUT2D eigenvalue weighted by Crippen LogP contribution is 2.66. The molecule has 0 bridgehead atoms. The number of rotatable bonds is 0. The number of carbonyl (C=O) groups is 6. The molecule has 704 valence electrons. The Kier molecular flexibility index (Phi) is 19.8. The van der Waals surface area contributed by atoms with Gasteiger partial charge in [0, 0.05) is 157 Å². The van der Waals surface area contributed by atoms with Crippen LogP contribution in [0.15, 0.2) is 315 Å². The number of hydrogen-bond donors (Lipinski definition) is 14. The van der Waals surface area contributed by atoms with Crippen molar-refractivity contribution in [3.63, 3.8) is 0 Å². The standard InChI is InChI=1S/2C28H16O7.2C28H16O5.2C2H4O2/c29-21-11-7-15-13(23(21)31)5-9-19-25(15)34-26-16-8-12-22(30)24(32)14(16)6-10-20(26)28(19)18-4-2-1-3-17(18)27(33)35-28;29-13-9-18-15(23(31)11-13)5-7-21-25(18)34-26-19-10-14(30)12-24(32)16(19)6-8-22(26)28(21)20-4-2-1-3-17(20)27(33)35-28;29-17-7-9-19-15(13-17)5-11-23-25(19)32-26-20-10-8-18(30)14-16(20)6-12-24(26)28(23)22-4-2-1-3-21(22)27(31)33-28;29-17-9-5-15-7-11-23-25(20(15)13-17)32-26-21-14-18(30)10-6-16(21)8-12-24(26)28(23)22-4-2-1-3-19(22)27(31)33-28;2*1-2(3)4/h2*1-12,29-32H;2*1-14,29-30H;2*1H3,(H,3,4). The van der Waals surface area contributed by atoms with E-state index < -0.39 is 52.3 Å². The van der Waals surface area contributed by atoms with Crippen molar-refractivity contribution in [1.82, 2.24) is 0 Å². The molecule has 0 aromatic heterocycles. The zero-order chi connectivity index (χ0) is 99.9. The molecule has 8 aliphatic heterocycles. The molecule has 0 radical (unpaired) electrons. The van der Waals surface area contributed by atoms with Crippen molar-refractivity contribution >= 4 is 122 Å². The van der Waals surface area contributed by atoms with Gasteiger partial charge in [0.15, 0.2) is 45.4 Å². The van der Waals surface area contributed by atoms with Gasteiger partial charge in [-0.15, -0.1) is 0 Å². The first-order valence-corrected chi connectivity index (χ1v) is 44.8. The van der Waals surface area contributed by atoms with Crippen LogP contribution < -0.4 is 18.9 Å². The van der Waals surface area contributed by atoms with Gasteiger partial charge in [-0.2, -0.15) is 0 Å². The van der Waals surface area contributed by atoms with Crippen LogP contribution in [-0.4, -0.2) is 107 Å². The van der Waals surface area contributed by atoms with Crippen molar-refractivity contribution in [2.75, 3.05) is 0 Å². The normalized spacial score (nSPS) is 14.5. The lowest BCUT2D eigenvalue weighted by atomic mass is 9.76. The predicted octanol–water partition coefficient (Wildman–Crippen LogP) is 22.9. The highest BCUT2D eigenvalue weighted by molar-refractivity contribution is 6.09. The average Bonchev–Trinajstić information content (AvgIpc) is 1.34. The molecule has 0 amide bonds. The van der Waals surface area contributed by atoms with Crippen LogP contribution in [0.1, 0.15) is 122 Å². The molecular weight excluding hydrogens is 1840 g/mol. The number of phenolic OH excluding ortho intramolecular Hbond substituents is 12. The van der Waals surface area contributed by atoms with Gasteiger partial charge in [-0.25, -0.2) is 19.2 Å². The van der Waals surface area contributed by atoms with E-state index in [1.165, 1.54) is 36.4 Å². The maximum Gasteiger partial charge on any atom is 0.340 e. The number of aromatic hydroxyl groups is 12. The van der Waals surface area contributed by atoms with Crippen molar-refractivity contribution in [1.29, 1.82) is 0 Å².